The Hall–Kier alpha value is -0.810. The van der Waals surface area contributed by atoms with Crippen LogP contribution in [0, 0.1) is 11.3 Å². The normalized spacial score (nSPS) is 15.5. The van der Waals surface area contributed by atoms with Gasteiger partial charge in [0.15, 0.2) is 0 Å². The van der Waals surface area contributed by atoms with Gasteiger partial charge < -0.3 is 16.0 Å². The first-order chi connectivity index (χ1) is 7.41. The minimum absolute atomic E-state index is 0. The Kier molecular flexibility index (Phi) is 6.49. The fraction of sp³-hybridized carbons (Fsp3) is 0.818. The predicted octanol–water partition coefficient (Wildman–Crippen LogP) is -0.0939. The summed E-state index contributed by atoms with van der Waals surface area (Å²) >= 11 is 0. The Balaban J connectivity index is 0.00000256. The quantitative estimate of drug-likeness (QED) is 0.621. The Morgan fingerprint density at radius 1 is 1.18 bits per heavy atom. The first-order valence-electron chi connectivity index (χ1n) is 5.68. The van der Waals surface area contributed by atoms with Crippen molar-refractivity contribution in [2.75, 3.05) is 26.2 Å². The van der Waals surface area contributed by atoms with Gasteiger partial charge in [0, 0.05) is 31.6 Å². The summed E-state index contributed by atoms with van der Waals surface area (Å²) in [6.45, 7) is 8.10. The van der Waals surface area contributed by atoms with Gasteiger partial charge in [-0.15, -0.1) is 12.4 Å². The van der Waals surface area contributed by atoms with Crippen LogP contribution < -0.4 is 16.0 Å². The highest BCUT2D eigenvalue weighted by Crippen LogP contribution is 2.11. The van der Waals surface area contributed by atoms with Crippen molar-refractivity contribution >= 4 is 24.2 Å². The van der Waals surface area contributed by atoms with E-state index in [0.717, 1.165) is 13.1 Å². The number of hydrogen-bond acceptors (Lipinski definition) is 3. The second-order valence-electron chi connectivity index (χ2n) is 5.15. The van der Waals surface area contributed by atoms with Crippen molar-refractivity contribution in [2.24, 2.45) is 11.3 Å². The monoisotopic (exact) mass is 263 g/mol. The fourth-order valence-electron chi connectivity index (χ4n) is 1.25. The second kappa shape index (κ2) is 6.81. The summed E-state index contributed by atoms with van der Waals surface area (Å²) < 4.78 is 0. The topological polar surface area (TPSA) is 70.2 Å². The molecule has 0 unspecified atom stereocenters. The highest BCUT2D eigenvalue weighted by Gasteiger charge is 2.24. The van der Waals surface area contributed by atoms with E-state index in [0.29, 0.717) is 13.1 Å². The second-order valence-corrected chi connectivity index (χ2v) is 5.15. The zero-order valence-corrected chi connectivity index (χ0v) is 11.4. The van der Waals surface area contributed by atoms with Gasteiger partial charge in [0.1, 0.15) is 0 Å². The Morgan fingerprint density at radius 3 is 2.12 bits per heavy atom. The molecule has 0 spiro atoms. The Labute approximate surface area is 109 Å². The molecule has 0 aromatic carbocycles. The fourth-order valence-corrected chi connectivity index (χ4v) is 1.25. The molecule has 0 aromatic rings. The van der Waals surface area contributed by atoms with Crippen LogP contribution in [-0.2, 0) is 9.59 Å². The summed E-state index contributed by atoms with van der Waals surface area (Å²) in [5.74, 6) is 0.189. The van der Waals surface area contributed by atoms with E-state index in [-0.39, 0.29) is 35.6 Å². The van der Waals surface area contributed by atoms with Crippen molar-refractivity contribution < 1.29 is 9.59 Å². The number of halogens is 1. The van der Waals surface area contributed by atoms with Gasteiger partial charge in [0.25, 0.3) is 0 Å². The van der Waals surface area contributed by atoms with Gasteiger partial charge in [-0.05, 0) is 0 Å². The maximum Gasteiger partial charge on any atom is 0.225 e. The lowest BCUT2D eigenvalue weighted by molar-refractivity contribution is -0.129. The molecule has 0 bridgehead atoms. The molecule has 6 heteroatoms. The van der Waals surface area contributed by atoms with Crippen LogP contribution in [0.5, 0.6) is 0 Å². The minimum atomic E-state index is -0.373. The third-order valence-electron chi connectivity index (χ3n) is 2.54. The molecule has 0 aliphatic carbocycles. The number of amides is 2. The number of rotatable bonds is 4. The first kappa shape index (κ1) is 16.2. The molecule has 0 saturated carbocycles. The standard InChI is InChI=1S/C11H21N3O2.ClH/c1-11(2,3)10(16)14-5-4-13-9(15)8-6-12-7-8;/h8,12H,4-7H2,1-3H3,(H,13,15)(H,14,16);1H. The van der Waals surface area contributed by atoms with E-state index >= 15 is 0 Å². The van der Waals surface area contributed by atoms with Crippen LogP contribution in [0.1, 0.15) is 20.8 Å². The molecule has 0 radical (unpaired) electrons. The molecule has 1 aliphatic rings. The largest absolute Gasteiger partial charge is 0.354 e. The van der Waals surface area contributed by atoms with Crippen LogP contribution in [0.4, 0.5) is 0 Å². The van der Waals surface area contributed by atoms with Crippen LogP contribution in [0.3, 0.4) is 0 Å². The lowest BCUT2D eigenvalue weighted by atomic mass is 9.96. The molecule has 5 nitrogen and oxygen atoms in total. The highest BCUT2D eigenvalue weighted by molar-refractivity contribution is 5.85. The van der Waals surface area contributed by atoms with E-state index in [4.69, 9.17) is 0 Å². The molecule has 17 heavy (non-hydrogen) atoms. The average Bonchev–Trinajstić information content (AvgIpc) is 2.07. The molecular weight excluding hydrogens is 242 g/mol. The molecule has 1 saturated heterocycles. The van der Waals surface area contributed by atoms with Crippen LogP contribution in [0.25, 0.3) is 0 Å². The predicted molar refractivity (Wildman–Crippen MR) is 69.1 cm³/mol. The van der Waals surface area contributed by atoms with E-state index in [1.807, 2.05) is 20.8 Å². The molecule has 0 atom stereocenters. The molecule has 1 fully saturated rings. The first-order valence-corrected chi connectivity index (χ1v) is 5.68. The van der Waals surface area contributed by atoms with Crippen molar-refractivity contribution in [1.82, 2.24) is 16.0 Å². The number of nitrogens with one attached hydrogen (secondary N) is 3. The summed E-state index contributed by atoms with van der Waals surface area (Å²) in [5.41, 5.74) is -0.373. The molecular formula is C11H22ClN3O2. The molecule has 2 amide bonds. The molecule has 1 aliphatic heterocycles. The van der Waals surface area contributed by atoms with Crippen LogP contribution in [-0.4, -0.2) is 38.0 Å². The van der Waals surface area contributed by atoms with E-state index in [2.05, 4.69) is 16.0 Å². The lowest BCUT2D eigenvalue weighted by Gasteiger charge is -2.26. The van der Waals surface area contributed by atoms with Crippen molar-refractivity contribution in [2.45, 2.75) is 20.8 Å². The number of hydrogen-bond donors (Lipinski definition) is 3. The van der Waals surface area contributed by atoms with Gasteiger partial charge in [-0.3, -0.25) is 9.59 Å². The molecule has 1 rings (SSSR count). The summed E-state index contributed by atoms with van der Waals surface area (Å²) in [5, 5.41) is 8.62. The summed E-state index contributed by atoms with van der Waals surface area (Å²) in [7, 11) is 0. The van der Waals surface area contributed by atoms with Gasteiger partial charge in [0.2, 0.25) is 11.8 Å². The van der Waals surface area contributed by atoms with Crippen LogP contribution >= 0.6 is 12.4 Å². The maximum atomic E-state index is 11.5. The Morgan fingerprint density at radius 2 is 1.71 bits per heavy atom. The van der Waals surface area contributed by atoms with E-state index in [1.165, 1.54) is 0 Å². The maximum absolute atomic E-state index is 11.5. The highest BCUT2D eigenvalue weighted by atomic mass is 35.5. The van der Waals surface area contributed by atoms with E-state index in [9.17, 15) is 9.59 Å². The SMILES string of the molecule is CC(C)(C)C(=O)NCCNC(=O)C1CNC1.Cl. The van der Waals surface area contributed by atoms with Crippen molar-refractivity contribution in [3.05, 3.63) is 0 Å². The van der Waals surface area contributed by atoms with Crippen molar-refractivity contribution in [1.29, 1.82) is 0 Å². The number of carbonyl (C=O) groups is 2. The summed E-state index contributed by atoms with van der Waals surface area (Å²) in [4.78, 5) is 22.9. The minimum Gasteiger partial charge on any atom is -0.354 e. The molecule has 1 heterocycles. The molecule has 0 aromatic heterocycles. The third kappa shape index (κ3) is 5.37. The molecule has 100 valence electrons. The average molecular weight is 264 g/mol. The van der Waals surface area contributed by atoms with Gasteiger partial charge in [-0.25, -0.2) is 0 Å². The van der Waals surface area contributed by atoms with Crippen LogP contribution in [0.2, 0.25) is 0 Å². The van der Waals surface area contributed by atoms with Gasteiger partial charge in [-0.1, -0.05) is 20.8 Å². The summed E-state index contributed by atoms with van der Waals surface area (Å²) in [6.07, 6.45) is 0. The van der Waals surface area contributed by atoms with E-state index in [1.54, 1.807) is 0 Å². The third-order valence-corrected chi connectivity index (χ3v) is 2.54. The van der Waals surface area contributed by atoms with Gasteiger partial charge in [-0.2, -0.15) is 0 Å². The number of carbonyl (C=O) groups excluding carboxylic acids is 2. The van der Waals surface area contributed by atoms with Gasteiger partial charge in [0.05, 0.1) is 5.92 Å². The van der Waals surface area contributed by atoms with E-state index < -0.39 is 0 Å². The lowest BCUT2D eigenvalue weighted by Crippen LogP contribution is -2.51. The smallest absolute Gasteiger partial charge is 0.225 e. The van der Waals surface area contributed by atoms with Crippen LogP contribution in [0.15, 0.2) is 0 Å². The summed E-state index contributed by atoms with van der Waals surface area (Å²) in [6, 6.07) is 0. The zero-order chi connectivity index (χ0) is 12.2. The Bertz CT molecular complexity index is 272. The van der Waals surface area contributed by atoms with Gasteiger partial charge >= 0.3 is 0 Å². The van der Waals surface area contributed by atoms with Crippen molar-refractivity contribution in [3.8, 4) is 0 Å². The zero-order valence-electron chi connectivity index (χ0n) is 10.6. The molecule has 3 N–H and O–H groups in total. The van der Waals surface area contributed by atoms with Crippen molar-refractivity contribution in [3.63, 3.8) is 0 Å².